The average Bonchev–Trinajstić information content (AvgIpc) is 2.50. The number of aliphatic hydroxyl groups is 1. The van der Waals surface area contributed by atoms with Gasteiger partial charge in [0.05, 0.1) is 16.7 Å². The highest BCUT2D eigenvalue weighted by atomic mass is 16.3. The molecule has 1 rings (SSSR count). The zero-order valence-electron chi connectivity index (χ0n) is 10.8. The van der Waals surface area contributed by atoms with Gasteiger partial charge in [-0.3, -0.25) is 4.79 Å². The first kappa shape index (κ1) is 13.5. The van der Waals surface area contributed by atoms with Crippen LogP contribution in [0.4, 0.5) is 0 Å². The van der Waals surface area contributed by atoms with Crippen LogP contribution < -0.4 is 11.1 Å². The van der Waals surface area contributed by atoms with Crippen molar-refractivity contribution in [2.75, 3.05) is 0 Å². The molecule has 0 spiro atoms. The van der Waals surface area contributed by atoms with Gasteiger partial charge in [-0.15, -0.1) is 0 Å². The minimum atomic E-state index is -0.975. The Balaban J connectivity index is 2.71. The van der Waals surface area contributed by atoms with Crippen LogP contribution in [0.2, 0.25) is 0 Å². The Morgan fingerprint density at radius 2 is 1.69 bits per heavy atom. The van der Waals surface area contributed by atoms with Crippen LogP contribution in [0.3, 0.4) is 0 Å². The lowest BCUT2D eigenvalue weighted by molar-refractivity contribution is -0.131. The Morgan fingerprint density at radius 1 is 1.25 bits per heavy atom. The molecule has 1 aliphatic carbocycles. The fourth-order valence-corrected chi connectivity index (χ4v) is 1.79. The van der Waals surface area contributed by atoms with Gasteiger partial charge in [0, 0.05) is 0 Å². The van der Waals surface area contributed by atoms with E-state index in [1.165, 1.54) is 0 Å². The third-order valence-electron chi connectivity index (χ3n) is 3.90. The first-order valence-corrected chi connectivity index (χ1v) is 5.92. The van der Waals surface area contributed by atoms with Crippen LogP contribution in [0.5, 0.6) is 0 Å². The maximum atomic E-state index is 12.1. The quantitative estimate of drug-likeness (QED) is 0.672. The molecule has 4 nitrogen and oxygen atoms in total. The van der Waals surface area contributed by atoms with Crippen LogP contribution in [0.25, 0.3) is 0 Å². The molecule has 0 bridgehead atoms. The molecule has 0 aromatic rings. The van der Waals surface area contributed by atoms with E-state index in [4.69, 9.17) is 5.73 Å². The Morgan fingerprint density at radius 3 is 2.06 bits per heavy atom. The molecule has 16 heavy (non-hydrogen) atoms. The SMILES string of the molecule is CC(C)(O)C(C)(C)NC(=O)C1(N)CCCC1. The summed E-state index contributed by atoms with van der Waals surface area (Å²) >= 11 is 0. The van der Waals surface area contributed by atoms with Crippen molar-refractivity contribution in [2.24, 2.45) is 5.73 Å². The monoisotopic (exact) mass is 228 g/mol. The van der Waals surface area contributed by atoms with Crippen molar-refractivity contribution in [3.05, 3.63) is 0 Å². The van der Waals surface area contributed by atoms with Crippen LogP contribution in [0.15, 0.2) is 0 Å². The molecule has 0 radical (unpaired) electrons. The average molecular weight is 228 g/mol. The Kier molecular flexibility index (Phi) is 3.37. The summed E-state index contributed by atoms with van der Waals surface area (Å²) in [7, 11) is 0. The summed E-state index contributed by atoms with van der Waals surface area (Å²) in [4.78, 5) is 12.1. The fourth-order valence-electron chi connectivity index (χ4n) is 1.79. The van der Waals surface area contributed by atoms with E-state index in [1.54, 1.807) is 13.8 Å². The molecule has 1 fully saturated rings. The molecule has 4 N–H and O–H groups in total. The van der Waals surface area contributed by atoms with Crippen molar-refractivity contribution >= 4 is 5.91 Å². The number of nitrogens with one attached hydrogen (secondary N) is 1. The van der Waals surface area contributed by atoms with Crippen molar-refractivity contribution in [1.82, 2.24) is 5.32 Å². The summed E-state index contributed by atoms with van der Waals surface area (Å²) in [5.74, 6) is -0.142. The molecule has 0 aromatic heterocycles. The molecule has 1 aliphatic rings. The zero-order chi connectivity index (χ0) is 12.6. The molecule has 0 aromatic carbocycles. The number of hydrogen-bond acceptors (Lipinski definition) is 3. The van der Waals surface area contributed by atoms with Crippen LogP contribution in [0.1, 0.15) is 53.4 Å². The van der Waals surface area contributed by atoms with Gasteiger partial charge in [-0.1, -0.05) is 12.8 Å². The van der Waals surface area contributed by atoms with Gasteiger partial charge < -0.3 is 16.2 Å². The second-order valence-corrected chi connectivity index (χ2v) is 6.00. The smallest absolute Gasteiger partial charge is 0.240 e. The number of rotatable bonds is 3. The van der Waals surface area contributed by atoms with Gasteiger partial charge in [0.2, 0.25) is 5.91 Å². The van der Waals surface area contributed by atoms with Gasteiger partial charge in [0.25, 0.3) is 0 Å². The third-order valence-corrected chi connectivity index (χ3v) is 3.90. The molecule has 0 aliphatic heterocycles. The fraction of sp³-hybridized carbons (Fsp3) is 0.917. The molecule has 0 heterocycles. The van der Waals surface area contributed by atoms with Crippen LogP contribution in [-0.2, 0) is 4.79 Å². The topological polar surface area (TPSA) is 75.3 Å². The van der Waals surface area contributed by atoms with Gasteiger partial charge in [-0.2, -0.15) is 0 Å². The Bertz CT molecular complexity index is 273. The summed E-state index contributed by atoms with van der Waals surface area (Å²) in [5, 5.41) is 12.8. The number of carbonyl (C=O) groups excluding carboxylic acids is 1. The predicted octanol–water partition coefficient (Wildman–Crippen LogP) is 0.924. The van der Waals surface area contributed by atoms with Gasteiger partial charge >= 0.3 is 0 Å². The second kappa shape index (κ2) is 4.00. The lowest BCUT2D eigenvalue weighted by Crippen LogP contribution is -2.63. The van der Waals surface area contributed by atoms with E-state index < -0.39 is 16.7 Å². The van der Waals surface area contributed by atoms with Crippen LogP contribution in [-0.4, -0.2) is 27.7 Å². The maximum Gasteiger partial charge on any atom is 0.240 e. The molecule has 0 unspecified atom stereocenters. The molecular weight excluding hydrogens is 204 g/mol. The van der Waals surface area contributed by atoms with E-state index in [1.807, 2.05) is 13.8 Å². The molecular formula is C12H24N2O2. The lowest BCUT2D eigenvalue weighted by atomic mass is 9.84. The summed E-state index contributed by atoms with van der Waals surface area (Å²) in [6.45, 7) is 6.99. The van der Waals surface area contributed by atoms with E-state index >= 15 is 0 Å². The molecule has 0 atom stereocenters. The minimum Gasteiger partial charge on any atom is -0.388 e. The van der Waals surface area contributed by atoms with Gasteiger partial charge in [0.15, 0.2) is 0 Å². The van der Waals surface area contributed by atoms with Crippen molar-refractivity contribution in [2.45, 2.75) is 70.1 Å². The normalized spacial score (nSPS) is 20.9. The van der Waals surface area contributed by atoms with Crippen molar-refractivity contribution in [3.63, 3.8) is 0 Å². The second-order valence-electron chi connectivity index (χ2n) is 6.00. The zero-order valence-corrected chi connectivity index (χ0v) is 10.8. The first-order valence-electron chi connectivity index (χ1n) is 5.92. The molecule has 4 heteroatoms. The van der Waals surface area contributed by atoms with E-state index in [2.05, 4.69) is 5.32 Å². The van der Waals surface area contributed by atoms with Gasteiger partial charge in [0.1, 0.15) is 0 Å². The number of hydrogen-bond donors (Lipinski definition) is 3. The number of carbonyl (C=O) groups is 1. The Hall–Kier alpha value is -0.610. The summed E-state index contributed by atoms with van der Waals surface area (Å²) < 4.78 is 0. The molecule has 0 saturated heterocycles. The van der Waals surface area contributed by atoms with Gasteiger partial charge in [-0.25, -0.2) is 0 Å². The number of nitrogens with two attached hydrogens (primary N) is 1. The first-order chi connectivity index (χ1) is 7.08. The maximum absolute atomic E-state index is 12.1. The Labute approximate surface area is 97.6 Å². The van der Waals surface area contributed by atoms with Crippen molar-refractivity contribution in [3.8, 4) is 0 Å². The third kappa shape index (κ3) is 2.55. The standard InChI is InChI=1S/C12H24N2O2/c1-10(2,11(3,4)16)14-9(15)12(13)7-5-6-8-12/h16H,5-8,13H2,1-4H3,(H,14,15). The number of amides is 1. The summed E-state index contributed by atoms with van der Waals surface area (Å²) in [6.07, 6.45) is 3.49. The van der Waals surface area contributed by atoms with Crippen molar-refractivity contribution < 1.29 is 9.90 Å². The van der Waals surface area contributed by atoms with E-state index in [0.29, 0.717) is 0 Å². The van der Waals surface area contributed by atoms with Crippen LogP contribution in [0, 0.1) is 0 Å². The highest BCUT2D eigenvalue weighted by Crippen LogP contribution is 2.29. The van der Waals surface area contributed by atoms with Crippen LogP contribution >= 0.6 is 0 Å². The van der Waals surface area contributed by atoms with Gasteiger partial charge in [-0.05, 0) is 40.5 Å². The summed E-state index contributed by atoms with van der Waals surface area (Å²) in [6, 6.07) is 0. The summed E-state index contributed by atoms with van der Waals surface area (Å²) in [5.41, 5.74) is 3.67. The molecule has 94 valence electrons. The largest absolute Gasteiger partial charge is 0.388 e. The van der Waals surface area contributed by atoms with E-state index in [-0.39, 0.29) is 5.91 Å². The van der Waals surface area contributed by atoms with Crippen molar-refractivity contribution in [1.29, 1.82) is 0 Å². The van der Waals surface area contributed by atoms with E-state index in [0.717, 1.165) is 25.7 Å². The highest BCUT2D eigenvalue weighted by molar-refractivity contribution is 5.87. The predicted molar refractivity (Wildman–Crippen MR) is 63.9 cm³/mol. The minimum absolute atomic E-state index is 0.142. The molecule has 1 amide bonds. The molecule has 1 saturated carbocycles. The lowest BCUT2D eigenvalue weighted by Gasteiger charge is -2.40. The highest BCUT2D eigenvalue weighted by Gasteiger charge is 2.43. The van der Waals surface area contributed by atoms with E-state index in [9.17, 15) is 9.90 Å².